The van der Waals surface area contributed by atoms with Crippen LogP contribution in [0.2, 0.25) is 5.02 Å². The zero-order valence-electron chi connectivity index (χ0n) is 13.5. The zero-order chi connectivity index (χ0) is 22.2. The summed E-state index contributed by atoms with van der Waals surface area (Å²) in [5, 5.41) is 10.1. The largest absolute Gasteiger partial charge is 0.385 e. The number of aliphatic hydroxyl groups is 1. The Balaban J connectivity index is 2.70. The first kappa shape index (κ1) is 23.0. The standard InChI is InChI=1S/C15H10ClF11O/c1-9(28,7-2-4-8(16)5-3-7)6-10(17)11(18,19)13(22,23)15(26,27)14(24,25)12(10,20)21/h2-5,28H,6H2,1H3. The minimum absolute atomic E-state index is 0.0273. The van der Waals surface area contributed by atoms with E-state index in [0.29, 0.717) is 6.92 Å². The van der Waals surface area contributed by atoms with Crippen LogP contribution in [-0.4, -0.2) is 40.4 Å². The molecule has 2 rings (SSSR count). The van der Waals surface area contributed by atoms with Gasteiger partial charge in [0.2, 0.25) is 0 Å². The Hall–Kier alpha value is -1.30. The van der Waals surface area contributed by atoms with Crippen LogP contribution in [0.25, 0.3) is 0 Å². The molecule has 1 saturated carbocycles. The number of hydrogen-bond acceptors (Lipinski definition) is 1. The fourth-order valence-corrected chi connectivity index (χ4v) is 3.02. The van der Waals surface area contributed by atoms with Crippen LogP contribution in [0.15, 0.2) is 24.3 Å². The van der Waals surface area contributed by atoms with Gasteiger partial charge in [0.15, 0.2) is 0 Å². The molecule has 1 aromatic rings. The van der Waals surface area contributed by atoms with Gasteiger partial charge in [-0.2, -0.15) is 43.9 Å². The lowest BCUT2D eigenvalue weighted by Gasteiger charge is -2.53. The van der Waals surface area contributed by atoms with Crippen LogP contribution in [0.5, 0.6) is 0 Å². The van der Waals surface area contributed by atoms with Crippen molar-refractivity contribution in [3.05, 3.63) is 34.9 Å². The fraction of sp³-hybridized carbons (Fsp3) is 0.600. The molecule has 1 N–H and O–H groups in total. The zero-order valence-corrected chi connectivity index (χ0v) is 14.3. The molecule has 1 aliphatic rings. The summed E-state index contributed by atoms with van der Waals surface area (Å²) in [5.74, 6) is -35.6. The summed E-state index contributed by atoms with van der Waals surface area (Å²) >= 11 is 5.50. The fourth-order valence-electron chi connectivity index (χ4n) is 2.89. The van der Waals surface area contributed by atoms with E-state index >= 15 is 0 Å². The van der Waals surface area contributed by atoms with Crippen molar-refractivity contribution in [1.82, 2.24) is 0 Å². The molecule has 1 atom stereocenters. The minimum atomic E-state index is -7.28. The van der Waals surface area contributed by atoms with Crippen molar-refractivity contribution >= 4 is 11.6 Å². The van der Waals surface area contributed by atoms with Gasteiger partial charge in [0.05, 0.1) is 5.60 Å². The van der Waals surface area contributed by atoms with Gasteiger partial charge < -0.3 is 5.11 Å². The number of alkyl halides is 11. The monoisotopic (exact) mass is 450 g/mol. The van der Waals surface area contributed by atoms with Gasteiger partial charge in [-0.15, -0.1) is 0 Å². The van der Waals surface area contributed by atoms with Crippen molar-refractivity contribution in [2.45, 2.75) is 54.2 Å². The van der Waals surface area contributed by atoms with E-state index in [0.717, 1.165) is 24.3 Å². The quantitative estimate of drug-likeness (QED) is 0.574. The first-order valence-corrected chi connectivity index (χ1v) is 7.65. The maximum Gasteiger partial charge on any atom is 0.384 e. The van der Waals surface area contributed by atoms with Gasteiger partial charge in [-0.1, -0.05) is 23.7 Å². The lowest BCUT2D eigenvalue weighted by Crippen LogP contribution is -2.84. The van der Waals surface area contributed by atoms with Crippen LogP contribution in [0, 0.1) is 0 Å². The lowest BCUT2D eigenvalue weighted by atomic mass is 9.67. The predicted octanol–water partition coefficient (Wildman–Crippen LogP) is 5.84. The Morgan fingerprint density at radius 1 is 0.714 bits per heavy atom. The Morgan fingerprint density at radius 2 is 1.04 bits per heavy atom. The summed E-state index contributed by atoms with van der Waals surface area (Å²) in [6.07, 6.45) is -2.76. The van der Waals surface area contributed by atoms with E-state index in [1.165, 1.54) is 0 Å². The molecule has 160 valence electrons. The maximum atomic E-state index is 14.7. The van der Waals surface area contributed by atoms with E-state index in [1.54, 1.807) is 0 Å². The maximum absolute atomic E-state index is 14.7. The van der Waals surface area contributed by atoms with Gasteiger partial charge in [0.1, 0.15) is 0 Å². The first-order valence-electron chi connectivity index (χ1n) is 7.27. The van der Waals surface area contributed by atoms with Crippen molar-refractivity contribution in [2.75, 3.05) is 0 Å². The molecular weight excluding hydrogens is 441 g/mol. The Kier molecular flexibility index (Phi) is 4.82. The molecule has 28 heavy (non-hydrogen) atoms. The Bertz CT molecular complexity index is 728. The number of halogens is 12. The second-order valence-corrected chi connectivity index (χ2v) is 7.07. The van der Waals surface area contributed by atoms with Gasteiger partial charge in [-0.05, 0) is 24.6 Å². The van der Waals surface area contributed by atoms with E-state index in [4.69, 9.17) is 11.6 Å². The molecular formula is C15H10ClF11O. The van der Waals surface area contributed by atoms with Crippen LogP contribution < -0.4 is 0 Å². The normalized spacial score (nSPS) is 28.4. The highest BCUT2D eigenvalue weighted by Gasteiger charge is 3.01. The molecule has 0 saturated heterocycles. The molecule has 0 aromatic heterocycles. The van der Waals surface area contributed by atoms with Crippen LogP contribution in [0.1, 0.15) is 18.9 Å². The third kappa shape index (κ3) is 2.49. The molecule has 1 aromatic carbocycles. The van der Waals surface area contributed by atoms with Crippen molar-refractivity contribution < 1.29 is 53.4 Å². The number of rotatable bonds is 3. The van der Waals surface area contributed by atoms with Crippen molar-refractivity contribution in [2.24, 2.45) is 0 Å². The van der Waals surface area contributed by atoms with Crippen LogP contribution >= 0.6 is 11.6 Å². The third-order valence-electron chi connectivity index (χ3n) is 4.63. The summed E-state index contributed by atoms with van der Waals surface area (Å²) in [7, 11) is 0. The second kappa shape index (κ2) is 5.87. The van der Waals surface area contributed by atoms with E-state index in [-0.39, 0.29) is 5.02 Å². The molecule has 1 unspecified atom stereocenters. The van der Waals surface area contributed by atoms with Crippen molar-refractivity contribution in [3.63, 3.8) is 0 Å². The molecule has 0 heterocycles. The smallest absolute Gasteiger partial charge is 0.384 e. The highest BCUT2D eigenvalue weighted by molar-refractivity contribution is 6.30. The van der Waals surface area contributed by atoms with Gasteiger partial charge in [0.25, 0.3) is 5.67 Å². The van der Waals surface area contributed by atoms with Gasteiger partial charge in [-0.25, -0.2) is 4.39 Å². The molecule has 0 spiro atoms. The molecule has 0 radical (unpaired) electrons. The van der Waals surface area contributed by atoms with Crippen LogP contribution in [-0.2, 0) is 5.60 Å². The SMILES string of the molecule is CC(O)(CC1(F)C(F)(F)C(F)(F)C(F)(F)C(F)(F)C1(F)F)c1ccc(Cl)cc1. The average molecular weight is 451 g/mol. The summed E-state index contributed by atoms with van der Waals surface area (Å²) in [6.45, 7) is 0.382. The van der Waals surface area contributed by atoms with Crippen LogP contribution in [0.3, 0.4) is 0 Å². The first-order chi connectivity index (χ1) is 12.2. The minimum Gasteiger partial charge on any atom is -0.385 e. The summed E-state index contributed by atoms with van der Waals surface area (Å²) in [5.41, 5.74) is -10.1. The summed E-state index contributed by atoms with van der Waals surface area (Å²) in [4.78, 5) is 0. The van der Waals surface area contributed by atoms with E-state index in [9.17, 15) is 53.4 Å². The number of hydrogen-bond donors (Lipinski definition) is 1. The summed E-state index contributed by atoms with van der Waals surface area (Å²) < 4.78 is 151. The average Bonchev–Trinajstić information content (AvgIpc) is 2.52. The van der Waals surface area contributed by atoms with Gasteiger partial charge >= 0.3 is 29.6 Å². The predicted molar refractivity (Wildman–Crippen MR) is 74.2 cm³/mol. The number of benzene rings is 1. The van der Waals surface area contributed by atoms with E-state index < -0.39 is 52.9 Å². The second-order valence-electron chi connectivity index (χ2n) is 6.63. The molecule has 1 fully saturated rings. The van der Waals surface area contributed by atoms with Crippen molar-refractivity contribution in [1.29, 1.82) is 0 Å². The molecule has 1 aliphatic carbocycles. The molecule has 0 aliphatic heterocycles. The van der Waals surface area contributed by atoms with Gasteiger partial charge in [-0.3, -0.25) is 0 Å². The van der Waals surface area contributed by atoms with Crippen molar-refractivity contribution in [3.8, 4) is 0 Å². The van der Waals surface area contributed by atoms with E-state index in [1.807, 2.05) is 0 Å². The lowest BCUT2D eigenvalue weighted by molar-refractivity contribution is -0.488. The molecule has 13 heteroatoms. The Morgan fingerprint density at radius 3 is 1.39 bits per heavy atom. The molecule has 0 amide bonds. The molecule has 1 nitrogen and oxygen atoms in total. The molecule has 0 bridgehead atoms. The van der Waals surface area contributed by atoms with E-state index in [2.05, 4.69) is 0 Å². The van der Waals surface area contributed by atoms with Crippen LogP contribution in [0.4, 0.5) is 48.3 Å². The summed E-state index contributed by atoms with van der Waals surface area (Å²) in [6, 6.07) is 3.50. The highest BCUT2D eigenvalue weighted by atomic mass is 35.5. The third-order valence-corrected chi connectivity index (χ3v) is 4.88. The van der Waals surface area contributed by atoms with Gasteiger partial charge in [0, 0.05) is 11.4 Å². The topological polar surface area (TPSA) is 20.2 Å². The Labute approximate surface area is 155 Å². The highest BCUT2D eigenvalue weighted by Crippen LogP contribution is 2.71.